The van der Waals surface area contributed by atoms with Gasteiger partial charge in [0.15, 0.2) is 5.82 Å². The molecule has 0 fully saturated rings. The largest absolute Gasteiger partial charge is 0.481 e. The topological polar surface area (TPSA) is 134 Å². The van der Waals surface area contributed by atoms with Gasteiger partial charge in [-0.15, -0.1) is 5.10 Å². The van der Waals surface area contributed by atoms with Crippen LogP contribution < -0.4 is 0 Å². The molecule has 0 radical (unpaired) electrons. The number of carboxylic acid groups (broad SMARTS) is 1. The van der Waals surface area contributed by atoms with Crippen molar-refractivity contribution in [3.63, 3.8) is 0 Å². The average Bonchev–Trinajstić information content (AvgIpc) is 3.26. The molecule has 0 saturated carbocycles. The van der Waals surface area contributed by atoms with E-state index in [2.05, 4.69) is 15.5 Å². The lowest BCUT2D eigenvalue weighted by molar-refractivity contribution is -0.139. The normalized spacial score (nSPS) is 16.3. The lowest BCUT2D eigenvalue weighted by Gasteiger charge is -2.29. The van der Waals surface area contributed by atoms with E-state index in [0.29, 0.717) is 12.8 Å². The molecule has 1 aromatic carbocycles. The van der Waals surface area contributed by atoms with Crippen LogP contribution in [-0.2, 0) is 23.2 Å². The zero-order valence-electron chi connectivity index (χ0n) is 21.4. The first-order chi connectivity index (χ1) is 17.5. The third-order valence-electron chi connectivity index (χ3n) is 6.70. The first kappa shape index (κ1) is 26.6. The Labute approximate surface area is 214 Å². The summed E-state index contributed by atoms with van der Waals surface area (Å²) in [6, 6.07) is 6.30. The molecule has 3 N–H and O–H groups in total. The summed E-state index contributed by atoms with van der Waals surface area (Å²) in [4.78, 5) is 16.0. The number of hydrogen-bond acceptors (Lipinski definition) is 7. The van der Waals surface area contributed by atoms with E-state index in [1.54, 1.807) is 29.0 Å². The summed E-state index contributed by atoms with van der Waals surface area (Å²) >= 11 is 0. The number of rotatable bonds is 8. The number of carbonyl (C=O) groups is 1. The van der Waals surface area contributed by atoms with Crippen LogP contribution in [0.5, 0.6) is 0 Å². The molecular formula is C27H32FN5O4. The summed E-state index contributed by atoms with van der Waals surface area (Å²) < 4.78 is 15.7. The summed E-state index contributed by atoms with van der Waals surface area (Å²) in [5, 5.41) is 41.7. The highest BCUT2D eigenvalue weighted by Gasteiger charge is 2.37. The Morgan fingerprint density at radius 3 is 2.54 bits per heavy atom. The molecule has 0 unspecified atom stereocenters. The van der Waals surface area contributed by atoms with E-state index >= 15 is 0 Å². The second kappa shape index (κ2) is 10.5. The first-order valence-corrected chi connectivity index (χ1v) is 12.4. The van der Waals surface area contributed by atoms with Gasteiger partial charge < -0.3 is 15.3 Å². The summed E-state index contributed by atoms with van der Waals surface area (Å²) in [5.74, 6) is -0.722. The Kier molecular flexibility index (Phi) is 7.52. The molecule has 0 amide bonds. The van der Waals surface area contributed by atoms with E-state index in [1.807, 2.05) is 27.7 Å². The molecule has 3 aromatic rings. The minimum absolute atomic E-state index is 0.00582. The minimum atomic E-state index is -1.17. The van der Waals surface area contributed by atoms with Crippen LogP contribution >= 0.6 is 0 Å². The maximum Gasteiger partial charge on any atom is 0.305 e. The Morgan fingerprint density at radius 2 is 1.89 bits per heavy atom. The molecule has 2 aromatic heterocycles. The molecule has 2 atom stereocenters. The molecule has 37 heavy (non-hydrogen) atoms. The van der Waals surface area contributed by atoms with Gasteiger partial charge in [-0.05, 0) is 65.4 Å². The molecule has 10 heteroatoms. The van der Waals surface area contributed by atoms with Crippen LogP contribution in [0.25, 0.3) is 17.2 Å². The molecular weight excluding hydrogens is 477 g/mol. The van der Waals surface area contributed by atoms with Crippen LogP contribution in [0.3, 0.4) is 0 Å². The van der Waals surface area contributed by atoms with E-state index in [4.69, 9.17) is 10.1 Å². The SMILES string of the molecule is CC(C)c1nc2c(c(-c3ccc(F)cc3)c1/C=C/[C@@H](O)C[C@@H](O)CC(=O)O)CCc1nnnn1C2(C)C. The van der Waals surface area contributed by atoms with Crippen molar-refractivity contribution in [2.75, 3.05) is 0 Å². The predicted molar refractivity (Wildman–Crippen MR) is 135 cm³/mol. The van der Waals surface area contributed by atoms with E-state index in [9.17, 15) is 19.4 Å². The van der Waals surface area contributed by atoms with Crippen molar-refractivity contribution in [3.05, 3.63) is 64.5 Å². The molecule has 196 valence electrons. The number of tetrazole rings is 1. The van der Waals surface area contributed by atoms with E-state index in [1.165, 1.54) is 12.1 Å². The monoisotopic (exact) mass is 509 g/mol. The Balaban J connectivity index is 1.91. The number of nitrogens with zero attached hydrogens (tertiary/aromatic N) is 5. The number of benzene rings is 1. The second-order valence-electron chi connectivity index (χ2n) is 10.3. The minimum Gasteiger partial charge on any atom is -0.481 e. The number of aliphatic carboxylic acids is 1. The number of pyridine rings is 1. The van der Waals surface area contributed by atoms with Gasteiger partial charge >= 0.3 is 5.97 Å². The Hall–Kier alpha value is -3.50. The third-order valence-corrected chi connectivity index (χ3v) is 6.70. The van der Waals surface area contributed by atoms with Crippen molar-refractivity contribution in [1.29, 1.82) is 0 Å². The molecule has 1 aliphatic heterocycles. The smallest absolute Gasteiger partial charge is 0.305 e. The molecule has 0 spiro atoms. The fourth-order valence-electron chi connectivity index (χ4n) is 4.94. The van der Waals surface area contributed by atoms with Crippen molar-refractivity contribution >= 4 is 12.0 Å². The quantitative estimate of drug-likeness (QED) is 0.420. The van der Waals surface area contributed by atoms with Gasteiger partial charge in [0, 0.05) is 18.4 Å². The van der Waals surface area contributed by atoms with Crippen LogP contribution in [0.15, 0.2) is 30.3 Å². The zero-order valence-corrected chi connectivity index (χ0v) is 21.4. The third kappa shape index (κ3) is 5.45. The van der Waals surface area contributed by atoms with Crippen LogP contribution in [0.4, 0.5) is 4.39 Å². The van der Waals surface area contributed by atoms with Crippen LogP contribution in [0, 0.1) is 5.82 Å². The van der Waals surface area contributed by atoms with Crippen LogP contribution in [-0.4, -0.2) is 58.7 Å². The van der Waals surface area contributed by atoms with Gasteiger partial charge in [-0.2, -0.15) is 0 Å². The molecule has 0 saturated heterocycles. The van der Waals surface area contributed by atoms with Crippen LogP contribution in [0.1, 0.15) is 74.8 Å². The first-order valence-electron chi connectivity index (χ1n) is 12.4. The molecule has 0 aliphatic carbocycles. The van der Waals surface area contributed by atoms with Gasteiger partial charge in [-0.25, -0.2) is 9.07 Å². The molecule has 1 aliphatic rings. The standard InChI is InChI=1S/C27H32FN5O4/c1-15(2)25-20(10-9-18(34)13-19(35)14-23(36)37)24(16-5-7-17(28)8-6-16)21-11-12-22-30-31-32-33(22)27(3,4)26(21)29-25/h5-10,15,18-19,34-35H,11-14H2,1-4H3,(H,36,37)/b10-9+/t18-,19-/m1/s1. The van der Waals surface area contributed by atoms with Crippen molar-refractivity contribution in [1.82, 2.24) is 25.2 Å². The van der Waals surface area contributed by atoms with Crippen molar-refractivity contribution < 1.29 is 24.5 Å². The zero-order chi connectivity index (χ0) is 26.9. The fourth-order valence-corrected chi connectivity index (χ4v) is 4.94. The molecule has 9 nitrogen and oxygen atoms in total. The van der Waals surface area contributed by atoms with E-state index in [-0.39, 0.29) is 18.2 Å². The number of aryl methyl sites for hydroxylation is 1. The molecule has 0 bridgehead atoms. The van der Waals surface area contributed by atoms with Gasteiger partial charge in [0.2, 0.25) is 0 Å². The number of halogens is 1. The van der Waals surface area contributed by atoms with Gasteiger partial charge in [-0.3, -0.25) is 9.78 Å². The number of carboxylic acids is 1. The maximum atomic E-state index is 13.9. The number of aliphatic hydroxyl groups is 2. The predicted octanol–water partition coefficient (Wildman–Crippen LogP) is 3.48. The summed E-state index contributed by atoms with van der Waals surface area (Å²) in [6.07, 6.45) is 1.72. The number of fused-ring (bicyclic) bond motifs is 2. The Bertz CT molecular complexity index is 1320. The average molecular weight is 510 g/mol. The number of hydrogen-bond donors (Lipinski definition) is 3. The van der Waals surface area contributed by atoms with E-state index < -0.39 is 30.1 Å². The van der Waals surface area contributed by atoms with Crippen molar-refractivity contribution in [2.45, 2.75) is 77.0 Å². The van der Waals surface area contributed by atoms with Crippen molar-refractivity contribution in [2.24, 2.45) is 0 Å². The highest BCUT2D eigenvalue weighted by Crippen LogP contribution is 2.41. The number of aliphatic hydroxyl groups excluding tert-OH is 2. The van der Waals surface area contributed by atoms with Gasteiger partial charge in [-0.1, -0.05) is 38.1 Å². The molecule has 4 rings (SSSR count). The number of aromatic nitrogens is 5. The van der Waals surface area contributed by atoms with Crippen LogP contribution in [0.2, 0.25) is 0 Å². The van der Waals surface area contributed by atoms with E-state index in [0.717, 1.165) is 39.5 Å². The Morgan fingerprint density at radius 1 is 1.19 bits per heavy atom. The molecule has 3 heterocycles. The summed E-state index contributed by atoms with van der Waals surface area (Å²) in [5.41, 5.74) is 4.43. The van der Waals surface area contributed by atoms with Gasteiger partial charge in [0.25, 0.3) is 0 Å². The summed E-state index contributed by atoms with van der Waals surface area (Å²) in [7, 11) is 0. The lowest BCUT2D eigenvalue weighted by atomic mass is 9.84. The maximum absolute atomic E-state index is 13.9. The second-order valence-corrected chi connectivity index (χ2v) is 10.3. The van der Waals surface area contributed by atoms with Gasteiger partial charge in [0.1, 0.15) is 11.4 Å². The van der Waals surface area contributed by atoms with Gasteiger partial charge in [0.05, 0.1) is 30.0 Å². The lowest BCUT2D eigenvalue weighted by Crippen LogP contribution is -2.32. The fraction of sp³-hybridized carbons (Fsp3) is 0.444. The highest BCUT2D eigenvalue weighted by atomic mass is 19.1. The highest BCUT2D eigenvalue weighted by molar-refractivity contribution is 5.81. The van der Waals surface area contributed by atoms with Crippen molar-refractivity contribution in [3.8, 4) is 11.1 Å². The summed E-state index contributed by atoms with van der Waals surface area (Å²) in [6.45, 7) is 8.09.